The Hall–Kier alpha value is -0.880. The number of aryl methyl sites for hydroxylation is 1. The number of hydrogen-bond donors (Lipinski definition) is 1. The van der Waals surface area contributed by atoms with Crippen LogP contribution in [0, 0.1) is 6.92 Å². The summed E-state index contributed by atoms with van der Waals surface area (Å²) in [4.78, 5) is 6.78. The first kappa shape index (κ1) is 12.6. The van der Waals surface area contributed by atoms with Gasteiger partial charge in [-0.1, -0.05) is 6.42 Å². The van der Waals surface area contributed by atoms with Gasteiger partial charge in [0.05, 0.1) is 6.20 Å². The van der Waals surface area contributed by atoms with Crippen LogP contribution in [0.5, 0.6) is 0 Å². The first-order valence-electron chi connectivity index (χ1n) is 5.98. The van der Waals surface area contributed by atoms with Crippen LogP contribution in [-0.2, 0) is 10.0 Å². The van der Waals surface area contributed by atoms with Crippen LogP contribution in [0.2, 0.25) is 0 Å². The topological polar surface area (TPSA) is 66.1 Å². The van der Waals surface area contributed by atoms with Crippen LogP contribution in [0.25, 0.3) is 0 Å². The summed E-state index contributed by atoms with van der Waals surface area (Å²) >= 11 is 0. The van der Waals surface area contributed by atoms with Gasteiger partial charge >= 0.3 is 0 Å². The summed E-state index contributed by atoms with van der Waals surface area (Å²) in [6.07, 6.45) is 4.35. The highest BCUT2D eigenvalue weighted by molar-refractivity contribution is 7.89. The van der Waals surface area contributed by atoms with Crippen molar-refractivity contribution >= 4 is 10.0 Å². The van der Waals surface area contributed by atoms with Crippen molar-refractivity contribution < 1.29 is 8.42 Å². The fraction of sp³-hybridized carbons (Fsp3) is 0.727. The van der Waals surface area contributed by atoms with E-state index >= 15 is 0 Å². The SMILES string of the molecule is Cc1ncc(S(=O)(=O)N2[C@H](C)CCC[C@@H]2C)[nH]1. The second kappa shape index (κ2) is 4.42. The van der Waals surface area contributed by atoms with Crippen molar-refractivity contribution in [2.24, 2.45) is 0 Å². The van der Waals surface area contributed by atoms with Crippen LogP contribution in [0.4, 0.5) is 0 Å². The molecule has 0 radical (unpaired) electrons. The molecule has 5 nitrogen and oxygen atoms in total. The molecule has 0 amide bonds. The fourth-order valence-electron chi connectivity index (χ4n) is 2.51. The number of aromatic nitrogens is 2. The second-order valence-corrected chi connectivity index (χ2v) is 6.61. The lowest BCUT2D eigenvalue weighted by atomic mass is 10.0. The molecule has 1 aliphatic rings. The number of imidazole rings is 1. The van der Waals surface area contributed by atoms with Crippen molar-refractivity contribution in [3.8, 4) is 0 Å². The van der Waals surface area contributed by atoms with Crippen molar-refractivity contribution in [1.29, 1.82) is 0 Å². The number of hydrogen-bond acceptors (Lipinski definition) is 3. The van der Waals surface area contributed by atoms with Gasteiger partial charge in [-0.15, -0.1) is 0 Å². The molecule has 0 aromatic carbocycles. The molecule has 1 fully saturated rings. The van der Waals surface area contributed by atoms with E-state index in [0.717, 1.165) is 19.3 Å². The zero-order valence-electron chi connectivity index (χ0n) is 10.5. The molecule has 17 heavy (non-hydrogen) atoms. The van der Waals surface area contributed by atoms with Crippen LogP contribution in [0.15, 0.2) is 11.2 Å². The number of H-pyrrole nitrogens is 1. The number of nitrogens with one attached hydrogen (secondary N) is 1. The third-order valence-corrected chi connectivity index (χ3v) is 5.39. The molecule has 0 saturated carbocycles. The van der Waals surface area contributed by atoms with Gasteiger partial charge in [-0.3, -0.25) is 0 Å². The fourth-order valence-corrected chi connectivity index (χ4v) is 4.36. The van der Waals surface area contributed by atoms with Crippen molar-refractivity contribution in [3.05, 3.63) is 12.0 Å². The first-order valence-corrected chi connectivity index (χ1v) is 7.42. The van der Waals surface area contributed by atoms with Crippen molar-refractivity contribution in [2.75, 3.05) is 0 Å². The maximum atomic E-state index is 12.5. The zero-order valence-corrected chi connectivity index (χ0v) is 11.3. The number of piperidine rings is 1. The lowest BCUT2D eigenvalue weighted by Gasteiger charge is -2.37. The Morgan fingerprint density at radius 1 is 1.35 bits per heavy atom. The highest BCUT2D eigenvalue weighted by Gasteiger charge is 2.36. The van der Waals surface area contributed by atoms with E-state index in [0.29, 0.717) is 5.82 Å². The van der Waals surface area contributed by atoms with Crippen LogP contribution < -0.4 is 0 Å². The van der Waals surface area contributed by atoms with Crippen LogP contribution in [0.1, 0.15) is 38.9 Å². The predicted octanol–water partition coefficient (Wildman–Crippen LogP) is 1.67. The monoisotopic (exact) mass is 257 g/mol. The molecule has 96 valence electrons. The van der Waals surface area contributed by atoms with Gasteiger partial charge < -0.3 is 4.98 Å². The van der Waals surface area contributed by atoms with E-state index in [9.17, 15) is 8.42 Å². The van der Waals surface area contributed by atoms with Gasteiger partial charge in [0.15, 0.2) is 5.03 Å². The molecule has 0 aliphatic carbocycles. The molecule has 0 bridgehead atoms. The molecule has 0 spiro atoms. The Morgan fingerprint density at radius 2 is 1.94 bits per heavy atom. The average Bonchev–Trinajstić information content (AvgIpc) is 2.64. The molecular weight excluding hydrogens is 238 g/mol. The molecule has 2 rings (SSSR count). The van der Waals surface area contributed by atoms with Crippen molar-refractivity contribution in [2.45, 2.75) is 57.1 Å². The first-order chi connectivity index (χ1) is 7.93. The summed E-state index contributed by atoms with van der Waals surface area (Å²) in [5.41, 5.74) is 0. The maximum absolute atomic E-state index is 12.5. The van der Waals surface area contributed by atoms with E-state index < -0.39 is 10.0 Å². The van der Waals surface area contributed by atoms with Gasteiger partial charge in [0.1, 0.15) is 5.82 Å². The smallest absolute Gasteiger partial charge is 0.260 e. The van der Waals surface area contributed by atoms with Crippen molar-refractivity contribution in [3.63, 3.8) is 0 Å². The van der Waals surface area contributed by atoms with Gasteiger partial charge in [0, 0.05) is 12.1 Å². The third kappa shape index (κ3) is 2.24. The Labute approximate surface area is 102 Å². The second-order valence-electron chi connectivity index (χ2n) is 4.80. The third-order valence-electron chi connectivity index (χ3n) is 3.35. The molecule has 1 saturated heterocycles. The van der Waals surface area contributed by atoms with Crippen LogP contribution in [0.3, 0.4) is 0 Å². The quantitative estimate of drug-likeness (QED) is 0.876. The summed E-state index contributed by atoms with van der Waals surface area (Å²) in [6, 6.07) is 0.125. The molecule has 1 aromatic rings. The highest BCUT2D eigenvalue weighted by Crippen LogP contribution is 2.28. The Bertz CT molecular complexity index is 485. The molecule has 2 heterocycles. The van der Waals surface area contributed by atoms with Crippen molar-refractivity contribution in [1.82, 2.24) is 14.3 Å². The van der Waals surface area contributed by atoms with Crippen LogP contribution >= 0.6 is 0 Å². The Balaban J connectivity index is 2.37. The number of rotatable bonds is 2. The number of aromatic amines is 1. The molecule has 1 aliphatic heterocycles. The van der Waals surface area contributed by atoms with E-state index in [1.54, 1.807) is 11.2 Å². The zero-order chi connectivity index (χ0) is 12.6. The molecule has 2 atom stereocenters. The molecule has 6 heteroatoms. The molecule has 1 N–H and O–H groups in total. The Kier molecular flexibility index (Phi) is 3.27. The standard InChI is InChI=1S/C11H19N3O2S/c1-8-5-4-6-9(2)14(8)17(15,16)11-7-12-10(3)13-11/h7-9H,4-6H2,1-3H3,(H,12,13)/t8-,9+. The van der Waals surface area contributed by atoms with Gasteiger partial charge in [-0.2, -0.15) is 4.31 Å². The minimum absolute atomic E-state index is 0.0624. The predicted molar refractivity (Wildman–Crippen MR) is 65.1 cm³/mol. The van der Waals surface area contributed by atoms with E-state index in [-0.39, 0.29) is 17.1 Å². The number of sulfonamides is 1. The lowest BCUT2D eigenvalue weighted by molar-refractivity contribution is 0.204. The van der Waals surface area contributed by atoms with Gasteiger partial charge in [0.25, 0.3) is 10.0 Å². The minimum atomic E-state index is -3.42. The van der Waals surface area contributed by atoms with E-state index in [2.05, 4.69) is 9.97 Å². The van der Waals surface area contributed by atoms with E-state index in [4.69, 9.17) is 0 Å². The molecular formula is C11H19N3O2S. The lowest BCUT2D eigenvalue weighted by Crippen LogP contribution is -2.47. The maximum Gasteiger partial charge on any atom is 0.260 e. The number of nitrogens with zero attached hydrogens (tertiary/aromatic N) is 2. The summed E-state index contributed by atoms with van der Waals surface area (Å²) in [5.74, 6) is 0.626. The normalized spacial score (nSPS) is 27.2. The van der Waals surface area contributed by atoms with E-state index in [1.807, 2.05) is 13.8 Å². The minimum Gasteiger partial charge on any atom is -0.332 e. The van der Waals surface area contributed by atoms with Gasteiger partial charge in [-0.25, -0.2) is 13.4 Å². The Morgan fingerprint density at radius 3 is 2.41 bits per heavy atom. The highest BCUT2D eigenvalue weighted by atomic mass is 32.2. The van der Waals surface area contributed by atoms with E-state index in [1.165, 1.54) is 6.20 Å². The summed E-state index contributed by atoms with van der Waals surface area (Å²) in [6.45, 7) is 5.69. The molecule has 1 aromatic heterocycles. The summed E-state index contributed by atoms with van der Waals surface area (Å²) in [5, 5.41) is 0.204. The van der Waals surface area contributed by atoms with Gasteiger partial charge in [0.2, 0.25) is 0 Å². The summed E-state index contributed by atoms with van der Waals surface area (Å²) in [7, 11) is -3.42. The average molecular weight is 257 g/mol. The largest absolute Gasteiger partial charge is 0.332 e. The summed E-state index contributed by atoms with van der Waals surface area (Å²) < 4.78 is 26.6. The van der Waals surface area contributed by atoms with Crippen LogP contribution in [-0.4, -0.2) is 34.8 Å². The van der Waals surface area contributed by atoms with Gasteiger partial charge in [-0.05, 0) is 33.6 Å². The molecule has 0 unspecified atom stereocenters.